The lowest BCUT2D eigenvalue weighted by Gasteiger charge is -2.21. The van der Waals surface area contributed by atoms with Crippen LogP contribution < -0.4 is 15.8 Å². The molecule has 3 N–H and O–H groups in total. The van der Waals surface area contributed by atoms with E-state index in [9.17, 15) is 0 Å². The summed E-state index contributed by atoms with van der Waals surface area (Å²) in [6.07, 6.45) is 0.986. The van der Waals surface area contributed by atoms with E-state index in [1.807, 2.05) is 45.0 Å². The van der Waals surface area contributed by atoms with Crippen LogP contribution >= 0.6 is 0 Å². The van der Waals surface area contributed by atoms with Crippen LogP contribution in [0.3, 0.4) is 0 Å². The van der Waals surface area contributed by atoms with Gasteiger partial charge in [-0.15, -0.1) is 0 Å². The number of anilines is 1. The summed E-state index contributed by atoms with van der Waals surface area (Å²) in [6, 6.07) is 8.02. The predicted octanol–water partition coefficient (Wildman–Crippen LogP) is 2.62. The highest BCUT2D eigenvalue weighted by Gasteiger charge is 2.11. The third kappa shape index (κ3) is 5.03. The summed E-state index contributed by atoms with van der Waals surface area (Å²) in [4.78, 5) is 0. The van der Waals surface area contributed by atoms with Crippen LogP contribution in [-0.4, -0.2) is 18.7 Å². The number of nitrogens with two attached hydrogens (primary N) is 1. The molecule has 0 fully saturated rings. The molecule has 0 atom stereocenters. The third-order valence-electron chi connectivity index (χ3n) is 1.99. The molecule has 3 nitrogen and oxygen atoms in total. The molecule has 1 aromatic rings. The molecule has 0 saturated carbocycles. The fourth-order valence-electron chi connectivity index (χ4n) is 1.33. The summed E-state index contributed by atoms with van der Waals surface area (Å²) in [6.45, 7) is 7.76. The van der Waals surface area contributed by atoms with Crippen molar-refractivity contribution in [1.82, 2.24) is 0 Å². The second-order valence-corrected chi connectivity index (χ2v) is 4.81. The van der Waals surface area contributed by atoms with Crippen molar-refractivity contribution < 1.29 is 4.74 Å². The Bertz CT molecular complexity index is 301. The Hall–Kier alpha value is -1.22. The molecule has 1 aromatic carbocycles. The quantitative estimate of drug-likeness (QED) is 0.753. The number of nitrogens with one attached hydrogen (secondary N) is 1. The van der Waals surface area contributed by atoms with Gasteiger partial charge >= 0.3 is 0 Å². The van der Waals surface area contributed by atoms with Crippen molar-refractivity contribution in [1.29, 1.82) is 0 Å². The SMILES string of the molecule is CC(C)(C)Oc1ccc(NCCCN)cc1. The standard InChI is InChI=1S/C13H22N2O/c1-13(2,3)16-12-7-5-11(6-8-12)15-10-4-9-14/h5-8,15H,4,9-10,14H2,1-3H3. The molecule has 1 rings (SSSR count). The Kier molecular flexibility index (Phi) is 4.62. The zero-order valence-electron chi connectivity index (χ0n) is 10.4. The number of rotatable bonds is 5. The van der Waals surface area contributed by atoms with E-state index in [4.69, 9.17) is 10.5 Å². The van der Waals surface area contributed by atoms with E-state index in [0.717, 1.165) is 30.9 Å². The van der Waals surface area contributed by atoms with Crippen LogP contribution in [0, 0.1) is 0 Å². The predicted molar refractivity (Wildman–Crippen MR) is 69.0 cm³/mol. The first-order valence-corrected chi connectivity index (χ1v) is 5.74. The zero-order valence-corrected chi connectivity index (χ0v) is 10.4. The molecule has 3 heteroatoms. The molecule has 0 amide bonds. The first kappa shape index (κ1) is 12.8. The average Bonchev–Trinajstić information content (AvgIpc) is 2.19. The molecule has 0 heterocycles. The Morgan fingerprint density at radius 2 is 1.81 bits per heavy atom. The number of hydrogen-bond acceptors (Lipinski definition) is 3. The molecule has 0 saturated heterocycles. The summed E-state index contributed by atoms with van der Waals surface area (Å²) in [5.74, 6) is 0.900. The number of benzene rings is 1. The van der Waals surface area contributed by atoms with E-state index in [1.54, 1.807) is 0 Å². The average molecular weight is 222 g/mol. The van der Waals surface area contributed by atoms with E-state index < -0.39 is 0 Å². The van der Waals surface area contributed by atoms with Crippen LogP contribution in [0.4, 0.5) is 5.69 Å². The largest absolute Gasteiger partial charge is 0.488 e. The van der Waals surface area contributed by atoms with Gasteiger partial charge < -0.3 is 15.8 Å². The molecule has 16 heavy (non-hydrogen) atoms. The first-order chi connectivity index (χ1) is 7.51. The highest BCUT2D eigenvalue weighted by molar-refractivity contribution is 5.46. The van der Waals surface area contributed by atoms with E-state index >= 15 is 0 Å². The molecule has 0 aliphatic rings. The maximum absolute atomic E-state index is 5.73. The van der Waals surface area contributed by atoms with Crippen LogP contribution in [0.5, 0.6) is 5.75 Å². The molecule has 0 aromatic heterocycles. The van der Waals surface area contributed by atoms with Gasteiger partial charge in [-0.05, 0) is 58.0 Å². The first-order valence-electron chi connectivity index (χ1n) is 5.74. The van der Waals surface area contributed by atoms with Crippen molar-refractivity contribution in [3.8, 4) is 5.75 Å². The van der Waals surface area contributed by atoms with Crippen molar-refractivity contribution >= 4 is 5.69 Å². The van der Waals surface area contributed by atoms with E-state index in [1.165, 1.54) is 0 Å². The summed E-state index contributed by atoms with van der Waals surface area (Å²) < 4.78 is 5.73. The third-order valence-corrected chi connectivity index (χ3v) is 1.99. The van der Waals surface area contributed by atoms with E-state index in [2.05, 4.69) is 5.32 Å². The van der Waals surface area contributed by atoms with E-state index in [0.29, 0.717) is 0 Å². The van der Waals surface area contributed by atoms with Crippen LogP contribution in [-0.2, 0) is 0 Å². The minimum Gasteiger partial charge on any atom is -0.488 e. The summed E-state index contributed by atoms with van der Waals surface area (Å²) in [7, 11) is 0. The molecule has 0 unspecified atom stereocenters. The molecule has 0 radical (unpaired) electrons. The normalized spacial score (nSPS) is 11.2. The topological polar surface area (TPSA) is 47.3 Å². The fraction of sp³-hybridized carbons (Fsp3) is 0.538. The van der Waals surface area contributed by atoms with E-state index in [-0.39, 0.29) is 5.60 Å². The molecular formula is C13H22N2O. The monoisotopic (exact) mass is 222 g/mol. The van der Waals surface area contributed by atoms with Gasteiger partial charge in [0, 0.05) is 12.2 Å². The second-order valence-electron chi connectivity index (χ2n) is 4.81. The summed E-state index contributed by atoms with van der Waals surface area (Å²) in [5.41, 5.74) is 6.39. The number of ether oxygens (including phenoxy) is 1. The smallest absolute Gasteiger partial charge is 0.120 e. The van der Waals surface area contributed by atoms with Crippen molar-refractivity contribution in [3.63, 3.8) is 0 Å². The lowest BCUT2D eigenvalue weighted by molar-refractivity contribution is 0.131. The van der Waals surface area contributed by atoms with Gasteiger partial charge in [0.25, 0.3) is 0 Å². The molecule has 0 spiro atoms. The number of hydrogen-bond donors (Lipinski definition) is 2. The van der Waals surface area contributed by atoms with Crippen LogP contribution in [0.25, 0.3) is 0 Å². The molecule has 90 valence electrons. The Labute approximate surface area is 98.0 Å². The van der Waals surface area contributed by atoms with Gasteiger partial charge in [0.05, 0.1) is 0 Å². The van der Waals surface area contributed by atoms with Gasteiger partial charge in [0.2, 0.25) is 0 Å². The van der Waals surface area contributed by atoms with Crippen LogP contribution in [0.2, 0.25) is 0 Å². The molecular weight excluding hydrogens is 200 g/mol. The minimum absolute atomic E-state index is 0.144. The zero-order chi connectivity index (χ0) is 12.0. The van der Waals surface area contributed by atoms with Crippen molar-refractivity contribution in [3.05, 3.63) is 24.3 Å². The highest BCUT2D eigenvalue weighted by Crippen LogP contribution is 2.20. The van der Waals surface area contributed by atoms with Gasteiger partial charge in [0.1, 0.15) is 11.4 Å². The summed E-state index contributed by atoms with van der Waals surface area (Å²) >= 11 is 0. The van der Waals surface area contributed by atoms with Gasteiger partial charge in [-0.3, -0.25) is 0 Å². The molecule has 0 bridgehead atoms. The minimum atomic E-state index is -0.144. The van der Waals surface area contributed by atoms with Crippen molar-refractivity contribution in [2.24, 2.45) is 5.73 Å². The fourth-order valence-corrected chi connectivity index (χ4v) is 1.33. The maximum Gasteiger partial charge on any atom is 0.120 e. The molecule has 0 aliphatic carbocycles. The lowest BCUT2D eigenvalue weighted by Crippen LogP contribution is -2.22. The van der Waals surface area contributed by atoms with Gasteiger partial charge in [-0.25, -0.2) is 0 Å². The molecule has 0 aliphatic heterocycles. The van der Waals surface area contributed by atoms with Crippen LogP contribution in [0.1, 0.15) is 27.2 Å². The van der Waals surface area contributed by atoms with Crippen LogP contribution in [0.15, 0.2) is 24.3 Å². The highest BCUT2D eigenvalue weighted by atomic mass is 16.5. The van der Waals surface area contributed by atoms with Crippen molar-refractivity contribution in [2.45, 2.75) is 32.8 Å². The Morgan fingerprint density at radius 1 is 1.19 bits per heavy atom. The Morgan fingerprint density at radius 3 is 2.31 bits per heavy atom. The van der Waals surface area contributed by atoms with Gasteiger partial charge in [-0.1, -0.05) is 0 Å². The Balaban J connectivity index is 2.48. The lowest BCUT2D eigenvalue weighted by atomic mass is 10.2. The maximum atomic E-state index is 5.73. The summed E-state index contributed by atoms with van der Waals surface area (Å²) in [5, 5.41) is 3.30. The second kappa shape index (κ2) is 5.75. The van der Waals surface area contributed by atoms with Gasteiger partial charge in [-0.2, -0.15) is 0 Å². The van der Waals surface area contributed by atoms with Gasteiger partial charge in [0.15, 0.2) is 0 Å². The van der Waals surface area contributed by atoms with Crippen molar-refractivity contribution in [2.75, 3.05) is 18.4 Å².